The molecule has 4 nitrogen and oxygen atoms in total. The van der Waals surface area contributed by atoms with Gasteiger partial charge in [0.25, 0.3) is 5.91 Å². The monoisotopic (exact) mass is 381 g/mol. The number of hydrogen-bond donors (Lipinski definition) is 1. The van der Waals surface area contributed by atoms with E-state index in [1.165, 1.54) is 0 Å². The van der Waals surface area contributed by atoms with Crippen molar-refractivity contribution < 1.29 is 4.79 Å². The lowest BCUT2D eigenvalue weighted by Crippen LogP contribution is -2.24. The molecule has 3 aromatic carbocycles. The van der Waals surface area contributed by atoms with E-state index in [2.05, 4.69) is 12.2 Å². The summed E-state index contributed by atoms with van der Waals surface area (Å²) in [4.78, 5) is 13.3. The van der Waals surface area contributed by atoms with Gasteiger partial charge in [0.05, 0.1) is 16.9 Å². The first-order valence-electron chi connectivity index (χ1n) is 9.82. The van der Waals surface area contributed by atoms with Crippen LogP contribution in [0.1, 0.15) is 28.5 Å². The minimum absolute atomic E-state index is 0.105. The summed E-state index contributed by atoms with van der Waals surface area (Å²) < 4.78 is 1.89. The van der Waals surface area contributed by atoms with E-state index in [0.29, 0.717) is 24.2 Å². The Labute approximate surface area is 170 Å². The van der Waals surface area contributed by atoms with Crippen molar-refractivity contribution in [2.24, 2.45) is 0 Å². The predicted molar refractivity (Wildman–Crippen MR) is 116 cm³/mol. The van der Waals surface area contributed by atoms with Gasteiger partial charge in [-0.25, -0.2) is 4.68 Å². The molecule has 4 rings (SSSR count). The molecule has 0 atom stereocenters. The Balaban J connectivity index is 1.78. The van der Waals surface area contributed by atoms with Crippen molar-refractivity contribution in [3.8, 4) is 16.9 Å². The molecule has 4 aromatic rings. The highest BCUT2D eigenvalue weighted by Crippen LogP contribution is 2.28. The number of nitrogens with zero attached hydrogens (tertiary/aromatic N) is 2. The lowest BCUT2D eigenvalue weighted by atomic mass is 10.0. The van der Waals surface area contributed by atoms with E-state index >= 15 is 0 Å². The van der Waals surface area contributed by atoms with Crippen molar-refractivity contribution in [2.45, 2.75) is 19.9 Å². The van der Waals surface area contributed by atoms with E-state index in [0.717, 1.165) is 22.5 Å². The normalized spacial score (nSPS) is 10.7. The highest BCUT2D eigenvalue weighted by molar-refractivity contribution is 6.01. The largest absolute Gasteiger partial charge is 0.348 e. The molecule has 0 saturated carbocycles. The second kappa shape index (κ2) is 8.57. The summed E-state index contributed by atoms with van der Waals surface area (Å²) in [5.41, 5.74) is 5.19. The summed E-state index contributed by atoms with van der Waals surface area (Å²) in [6.07, 6.45) is 0.697. The summed E-state index contributed by atoms with van der Waals surface area (Å²) in [6.45, 7) is 2.53. The topological polar surface area (TPSA) is 46.9 Å². The standard InChI is InChI=1S/C25H23N3O/c1-2-22-23(25(29)26-18-19-12-6-3-7-13-19)24(20-14-8-4-9-15-20)27-28(22)21-16-10-5-11-17-21/h3-17H,2,18H2,1H3,(H,26,29). The van der Waals surface area contributed by atoms with Crippen LogP contribution < -0.4 is 5.32 Å². The Hall–Kier alpha value is -3.66. The van der Waals surface area contributed by atoms with E-state index in [1.807, 2.05) is 95.7 Å². The number of nitrogens with one attached hydrogen (secondary N) is 1. The van der Waals surface area contributed by atoms with Gasteiger partial charge in [-0.2, -0.15) is 5.10 Å². The molecule has 144 valence electrons. The first kappa shape index (κ1) is 18.7. The average Bonchev–Trinajstić information content (AvgIpc) is 3.19. The number of rotatable bonds is 6. The molecule has 0 aliphatic heterocycles. The number of benzene rings is 3. The number of hydrogen-bond acceptors (Lipinski definition) is 2. The van der Waals surface area contributed by atoms with Gasteiger partial charge in [0.15, 0.2) is 0 Å². The Morgan fingerprint density at radius 1 is 0.862 bits per heavy atom. The van der Waals surface area contributed by atoms with Gasteiger partial charge < -0.3 is 5.32 Å². The lowest BCUT2D eigenvalue weighted by Gasteiger charge is -2.09. The zero-order chi connectivity index (χ0) is 20.1. The number of amides is 1. The second-order valence-corrected chi connectivity index (χ2v) is 6.81. The molecule has 1 N–H and O–H groups in total. The molecular weight excluding hydrogens is 358 g/mol. The molecule has 0 bridgehead atoms. The van der Waals surface area contributed by atoms with Gasteiger partial charge in [0, 0.05) is 12.1 Å². The van der Waals surface area contributed by atoms with Crippen molar-refractivity contribution in [1.29, 1.82) is 0 Å². The summed E-state index contributed by atoms with van der Waals surface area (Å²) in [5, 5.41) is 7.93. The van der Waals surface area contributed by atoms with E-state index < -0.39 is 0 Å². The van der Waals surface area contributed by atoms with E-state index in [9.17, 15) is 4.79 Å². The smallest absolute Gasteiger partial charge is 0.255 e. The second-order valence-electron chi connectivity index (χ2n) is 6.81. The summed E-state index contributed by atoms with van der Waals surface area (Å²) in [7, 11) is 0. The maximum absolute atomic E-state index is 13.3. The Bertz CT molecular complexity index is 1090. The fourth-order valence-corrected chi connectivity index (χ4v) is 3.47. The summed E-state index contributed by atoms with van der Waals surface area (Å²) in [5.74, 6) is -0.105. The van der Waals surface area contributed by atoms with Crippen LogP contribution in [0.2, 0.25) is 0 Å². The van der Waals surface area contributed by atoms with Gasteiger partial charge >= 0.3 is 0 Å². The number of carbonyl (C=O) groups excluding carboxylic acids is 1. The fourth-order valence-electron chi connectivity index (χ4n) is 3.47. The molecule has 0 aliphatic rings. The van der Waals surface area contributed by atoms with Crippen LogP contribution in [-0.2, 0) is 13.0 Å². The van der Waals surface area contributed by atoms with Crippen LogP contribution in [-0.4, -0.2) is 15.7 Å². The van der Waals surface area contributed by atoms with Gasteiger partial charge in [-0.3, -0.25) is 4.79 Å². The number of carbonyl (C=O) groups is 1. The first-order chi connectivity index (χ1) is 14.3. The third-order valence-electron chi connectivity index (χ3n) is 4.89. The predicted octanol–water partition coefficient (Wildman–Crippen LogP) is 5.03. The number of aromatic nitrogens is 2. The maximum Gasteiger partial charge on any atom is 0.255 e. The Morgan fingerprint density at radius 3 is 2.07 bits per heavy atom. The van der Waals surface area contributed by atoms with Crippen LogP contribution in [0.3, 0.4) is 0 Å². The third-order valence-corrected chi connectivity index (χ3v) is 4.89. The maximum atomic E-state index is 13.3. The zero-order valence-corrected chi connectivity index (χ0v) is 16.4. The minimum Gasteiger partial charge on any atom is -0.348 e. The van der Waals surface area contributed by atoms with Crippen molar-refractivity contribution in [1.82, 2.24) is 15.1 Å². The van der Waals surface area contributed by atoms with Crippen molar-refractivity contribution in [3.63, 3.8) is 0 Å². The molecule has 1 heterocycles. The van der Waals surface area contributed by atoms with Gasteiger partial charge in [-0.1, -0.05) is 85.8 Å². The van der Waals surface area contributed by atoms with Crippen LogP contribution in [0, 0.1) is 0 Å². The van der Waals surface area contributed by atoms with Gasteiger partial charge in [0.1, 0.15) is 5.69 Å². The van der Waals surface area contributed by atoms with Crippen LogP contribution >= 0.6 is 0 Å². The highest BCUT2D eigenvalue weighted by Gasteiger charge is 2.24. The summed E-state index contributed by atoms with van der Waals surface area (Å²) >= 11 is 0. The molecule has 0 radical (unpaired) electrons. The molecule has 0 unspecified atom stereocenters. The molecule has 0 aliphatic carbocycles. The summed E-state index contributed by atoms with van der Waals surface area (Å²) in [6, 6.07) is 29.8. The Morgan fingerprint density at radius 2 is 1.45 bits per heavy atom. The molecule has 29 heavy (non-hydrogen) atoms. The SMILES string of the molecule is CCc1c(C(=O)NCc2ccccc2)c(-c2ccccc2)nn1-c1ccccc1. The quantitative estimate of drug-likeness (QED) is 0.509. The molecule has 1 aromatic heterocycles. The van der Waals surface area contributed by atoms with Crippen molar-refractivity contribution in [3.05, 3.63) is 108 Å². The first-order valence-corrected chi connectivity index (χ1v) is 9.82. The van der Waals surface area contributed by atoms with Gasteiger partial charge in [-0.15, -0.1) is 0 Å². The van der Waals surface area contributed by atoms with Gasteiger partial charge in [-0.05, 0) is 24.1 Å². The molecule has 0 saturated heterocycles. The average molecular weight is 381 g/mol. The molecule has 4 heteroatoms. The third kappa shape index (κ3) is 3.97. The molecule has 0 spiro atoms. The van der Waals surface area contributed by atoms with Crippen LogP contribution in [0.15, 0.2) is 91.0 Å². The zero-order valence-electron chi connectivity index (χ0n) is 16.4. The van der Waals surface area contributed by atoms with Crippen LogP contribution in [0.4, 0.5) is 0 Å². The molecule has 0 fully saturated rings. The van der Waals surface area contributed by atoms with Crippen molar-refractivity contribution in [2.75, 3.05) is 0 Å². The Kier molecular flexibility index (Phi) is 5.52. The van der Waals surface area contributed by atoms with Crippen LogP contribution in [0.25, 0.3) is 16.9 Å². The van der Waals surface area contributed by atoms with E-state index in [1.54, 1.807) is 0 Å². The van der Waals surface area contributed by atoms with E-state index in [-0.39, 0.29) is 5.91 Å². The molecule has 1 amide bonds. The molecular formula is C25H23N3O. The fraction of sp³-hybridized carbons (Fsp3) is 0.120. The van der Waals surface area contributed by atoms with Gasteiger partial charge in [0.2, 0.25) is 0 Å². The number of para-hydroxylation sites is 1. The lowest BCUT2D eigenvalue weighted by molar-refractivity contribution is 0.0950. The van der Waals surface area contributed by atoms with Crippen molar-refractivity contribution >= 4 is 5.91 Å². The highest BCUT2D eigenvalue weighted by atomic mass is 16.1. The van der Waals surface area contributed by atoms with Crippen LogP contribution in [0.5, 0.6) is 0 Å². The minimum atomic E-state index is -0.105. The van der Waals surface area contributed by atoms with E-state index in [4.69, 9.17) is 5.10 Å².